The van der Waals surface area contributed by atoms with Gasteiger partial charge in [0.15, 0.2) is 6.10 Å². The summed E-state index contributed by atoms with van der Waals surface area (Å²) in [5.74, 6) is 2.34. The molecule has 0 aliphatic carbocycles. The summed E-state index contributed by atoms with van der Waals surface area (Å²) >= 11 is 5.90. The monoisotopic (exact) mass is 370 g/mol. The molecule has 0 heterocycles. The van der Waals surface area contributed by atoms with Gasteiger partial charge in [0.2, 0.25) is 5.91 Å². The van der Waals surface area contributed by atoms with Crippen LogP contribution < -0.4 is 10.1 Å². The van der Waals surface area contributed by atoms with Gasteiger partial charge in [0.05, 0.1) is 6.54 Å². The highest BCUT2D eigenvalue weighted by molar-refractivity contribution is 6.30. The van der Waals surface area contributed by atoms with Gasteiger partial charge in [0, 0.05) is 23.3 Å². The van der Waals surface area contributed by atoms with E-state index in [1.807, 2.05) is 0 Å². The highest BCUT2D eigenvalue weighted by Crippen LogP contribution is 2.18. The molecular formula is C20H19ClN2O3. The van der Waals surface area contributed by atoms with Gasteiger partial charge in [-0.25, -0.2) is 0 Å². The number of ether oxygens (including phenoxy) is 1. The number of halogens is 1. The van der Waals surface area contributed by atoms with E-state index in [4.69, 9.17) is 22.8 Å². The third-order valence-corrected chi connectivity index (χ3v) is 3.76. The van der Waals surface area contributed by atoms with Crippen LogP contribution in [0.4, 0.5) is 5.69 Å². The Morgan fingerprint density at radius 2 is 2.00 bits per heavy atom. The zero-order valence-corrected chi connectivity index (χ0v) is 15.3. The third-order valence-electron chi connectivity index (χ3n) is 3.53. The lowest BCUT2D eigenvalue weighted by Crippen LogP contribution is -2.41. The van der Waals surface area contributed by atoms with Crippen molar-refractivity contribution in [2.24, 2.45) is 0 Å². The summed E-state index contributed by atoms with van der Waals surface area (Å²) in [7, 11) is 1.54. The van der Waals surface area contributed by atoms with Crippen LogP contribution in [0.15, 0.2) is 48.5 Å². The van der Waals surface area contributed by atoms with E-state index in [-0.39, 0.29) is 18.4 Å². The molecule has 2 aromatic rings. The van der Waals surface area contributed by atoms with Crippen molar-refractivity contribution in [3.63, 3.8) is 0 Å². The first kappa shape index (κ1) is 19.4. The number of nitrogens with zero attached hydrogens (tertiary/aromatic N) is 1. The predicted molar refractivity (Wildman–Crippen MR) is 102 cm³/mol. The van der Waals surface area contributed by atoms with Crippen molar-refractivity contribution in [2.75, 3.05) is 18.9 Å². The predicted octanol–water partition coefficient (Wildman–Crippen LogP) is 3.19. The first-order chi connectivity index (χ1) is 12.4. The molecule has 2 rings (SSSR count). The normalized spacial score (nSPS) is 11.2. The minimum atomic E-state index is -0.754. The maximum atomic E-state index is 12.4. The fourth-order valence-electron chi connectivity index (χ4n) is 2.29. The summed E-state index contributed by atoms with van der Waals surface area (Å²) in [6, 6.07) is 13.7. The minimum Gasteiger partial charge on any atom is -0.481 e. The van der Waals surface area contributed by atoms with E-state index in [1.54, 1.807) is 55.5 Å². The fraction of sp³-hybridized carbons (Fsp3) is 0.200. The summed E-state index contributed by atoms with van der Waals surface area (Å²) in [4.78, 5) is 25.8. The van der Waals surface area contributed by atoms with Gasteiger partial charge in [-0.1, -0.05) is 29.7 Å². The molecule has 5 nitrogen and oxygen atoms in total. The smallest absolute Gasteiger partial charge is 0.263 e. The van der Waals surface area contributed by atoms with Gasteiger partial charge in [-0.3, -0.25) is 9.59 Å². The van der Waals surface area contributed by atoms with Crippen LogP contribution in [0.5, 0.6) is 5.75 Å². The maximum absolute atomic E-state index is 12.4. The van der Waals surface area contributed by atoms with Gasteiger partial charge in [0.25, 0.3) is 5.91 Å². The summed E-state index contributed by atoms with van der Waals surface area (Å²) in [6.45, 7) is 1.51. The van der Waals surface area contributed by atoms with Crippen molar-refractivity contribution in [1.82, 2.24) is 4.90 Å². The molecule has 0 bridgehead atoms. The molecule has 0 aromatic heterocycles. The van der Waals surface area contributed by atoms with Crippen LogP contribution in [0.1, 0.15) is 12.5 Å². The van der Waals surface area contributed by atoms with Crippen molar-refractivity contribution in [3.8, 4) is 18.1 Å². The van der Waals surface area contributed by atoms with Crippen LogP contribution in [0.25, 0.3) is 0 Å². The van der Waals surface area contributed by atoms with Crippen molar-refractivity contribution in [2.45, 2.75) is 13.0 Å². The molecule has 134 valence electrons. The summed E-state index contributed by atoms with van der Waals surface area (Å²) in [5.41, 5.74) is 1.24. The van der Waals surface area contributed by atoms with Gasteiger partial charge >= 0.3 is 0 Å². The lowest BCUT2D eigenvalue weighted by atomic mass is 10.2. The first-order valence-electron chi connectivity index (χ1n) is 7.93. The number of carbonyl (C=O) groups is 2. The second kappa shape index (κ2) is 8.93. The number of anilines is 1. The molecule has 0 saturated heterocycles. The standard InChI is InChI=1S/C20H19ClN2O3/c1-4-15-7-5-9-17(11-15)22-19(24)13-23(3)20(25)14(2)26-18-10-6-8-16(21)12-18/h1,5-12,14H,13H2,2-3H3,(H,22,24). The molecule has 6 heteroatoms. The molecule has 1 unspecified atom stereocenters. The van der Waals surface area contributed by atoms with Crippen LogP contribution in [-0.4, -0.2) is 36.4 Å². The zero-order valence-electron chi connectivity index (χ0n) is 14.5. The number of nitrogens with one attached hydrogen (secondary N) is 1. The Labute approximate surface area is 157 Å². The van der Waals surface area contributed by atoms with E-state index in [1.165, 1.54) is 11.9 Å². The Morgan fingerprint density at radius 1 is 1.27 bits per heavy atom. The highest BCUT2D eigenvalue weighted by atomic mass is 35.5. The van der Waals surface area contributed by atoms with E-state index in [0.717, 1.165) is 0 Å². The average Bonchev–Trinajstić information content (AvgIpc) is 2.61. The van der Waals surface area contributed by atoms with Gasteiger partial charge in [-0.05, 0) is 43.3 Å². The fourth-order valence-corrected chi connectivity index (χ4v) is 2.47. The van der Waals surface area contributed by atoms with Crippen molar-refractivity contribution in [3.05, 3.63) is 59.1 Å². The number of rotatable bonds is 6. The Kier molecular flexibility index (Phi) is 6.65. The molecule has 1 atom stereocenters. The number of likely N-dealkylation sites (N-methyl/N-ethyl adjacent to an activating group) is 1. The minimum absolute atomic E-state index is 0.109. The van der Waals surface area contributed by atoms with Crippen LogP contribution in [0.3, 0.4) is 0 Å². The largest absolute Gasteiger partial charge is 0.481 e. The molecule has 0 aliphatic rings. The Bertz CT molecular complexity index is 845. The molecule has 0 saturated carbocycles. The van der Waals surface area contributed by atoms with Crippen molar-refractivity contribution in [1.29, 1.82) is 0 Å². The van der Waals surface area contributed by atoms with Crippen molar-refractivity contribution >= 4 is 29.1 Å². The van der Waals surface area contributed by atoms with Gasteiger partial charge in [-0.2, -0.15) is 0 Å². The van der Waals surface area contributed by atoms with E-state index < -0.39 is 6.10 Å². The number of hydrogen-bond donors (Lipinski definition) is 1. The Morgan fingerprint density at radius 3 is 2.69 bits per heavy atom. The van der Waals surface area contributed by atoms with Crippen molar-refractivity contribution < 1.29 is 14.3 Å². The molecule has 0 spiro atoms. The number of terminal acetylenes is 1. The topological polar surface area (TPSA) is 58.6 Å². The lowest BCUT2D eigenvalue weighted by molar-refractivity contribution is -0.139. The number of carbonyl (C=O) groups excluding carboxylic acids is 2. The summed E-state index contributed by atoms with van der Waals surface area (Å²) < 4.78 is 5.58. The van der Waals surface area contributed by atoms with E-state index in [9.17, 15) is 9.59 Å². The molecule has 0 radical (unpaired) electrons. The Balaban J connectivity index is 1.90. The third kappa shape index (κ3) is 5.54. The molecule has 26 heavy (non-hydrogen) atoms. The van der Waals surface area contributed by atoms with Crippen LogP contribution >= 0.6 is 11.6 Å². The molecule has 2 aromatic carbocycles. The lowest BCUT2D eigenvalue weighted by Gasteiger charge is -2.21. The first-order valence-corrected chi connectivity index (χ1v) is 8.30. The molecule has 0 fully saturated rings. The maximum Gasteiger partial charge on any atom is 0.263 e. The second-order valence-corrected chi connectivity index (χ2v) is 6.12. The Hall–Kier alpha value is -2.97. The van der Waals surface area contributed by atoms with E-state index in [2.05, 4.69) is 11.2 Å². The van der Waals surface area contributed by atoms with Crippen LogP contribution in [0, 0.1) is 12.3 Å². The molecular weight excluding hydrogens is 352 g/mol. The van der Waals surface area contributed by atoms with E-state index in [0.29, 0.717) is 22.0 Å². The quantitative estimate of drug-likeness (QED) is 0.794. The number of benzene rings is 2. The van der Waals surface area contributed by atoms with Crippen LogP contribution in [-0.2, 0) is 9.59 Å². The van der Waals surface area contributed by atoms with Gasteiger partial charge < -0.3 is 15.0 Å². The number of hydrogen-bond acceptors (Lipinski definition) is 3. The average molecular weight is 371 g/mol. The second-order valence-electron chi connectivity index (χ2n) is 5.69. The van der Waals surface area contributed by atoms with Gasteiger partial charge in [-0.15, -0.1) is 6.42 Å². The summed E-state index contributed by atoms with van der Waals surface area (Å²) in [6.07, 6.45) is 4.58. The summed E-state index contributed by atoms with van der Waals surface area (Å²) in [5, 5.41) is 3.23. The molecule has 0 aliphatic heterocycles. The number of amides is 2. The molecule has 2 amide bonds. The zero-order chi connectivity index (χ0) is 19.1. The van der Waals surface area contributed by atoms with E-state index >= 15 is 0 Å². The molecule has 1 N–H and O–H groups in total. The van der Waals surface area contributed by atoms with Crippen LogP contribution in [0.2, 0.25) is 5.02 Å². The SMILES string of the molecule is C#Cc1cccc(NC(=O)CN(C)C(=O)C(C)Oc2cccc(Cl)c2)c1. The van der Waals surface area contributed by atoms with Gasteiger partial charge in [0.1, 0.15) is 5.75 Å². The highest BCUT2D eigenvalue weighted by Gasteiger charge is 2.21.